The monoisotopic (exact) mass is 359 g/mol. The molecule has 2 aliphatic rings. The summed E-state index contributed by atoms with van der Waals surface area (Å²) < 4.78 is 6.13. The lowest BCUT2D eigenvalue weighted by molar-refractivity contribution is -0.111. The Morgan fingerprint density at radius 3 is 2.64 bits per heavy atom. The zero-order chi connectivity index (χ0) is 17.3. The molecule has 0 N–H and O–H groups in total. The maximum atomic E-state index is 12.6. The quantitative estimate of drug-likeness (QED) is 0.814. The van der Waals surface area contributed by atoms with Crippen molar-refractivity contribution in [1.29, 1.82) is 0 Å². The largest absolute Gasteiger partial charge is 0.371 e. The lowest BCUT2D eigenvalue weighted by atomic mass is 9.89. The van der Waals surface area contributed by atoms with Crippen molar-refractivity contribution >= 4 is 23.2 Å². The fourth-order valence-electron chi connectivity index (χ4n) is 3.46. The van der Waals surface area contributed by atoms with E-state index in [0.717, 1.165) is 37.4 Å². The smallest absolute Gasteiger partial charge is 0.273 e. The summed E-state index contributed by atoms with van der Waals surface area (Å²) >= 11 is 1.45. The first kappa shape index (κ1) is 16.4. The second-order valence-electron chi connectivity index (χ2n) is 6.68. The van der Waals surface area contributed by atoms with Crippen LogP contribution in [0, 0.1) is 6.92 Å². The van der Waals surface area contributed by atoms with E-state index in [2.05, 4.69) is 19.9 Å². The van der Waals surface area contributed by atoms with E-state index >= 15 is 0 Å². The van der Waals surface area contributed by atoms with E-state index in [1.807, 2.05) is 29.6 Å². The first-order chi connectivity index (χ1) is 12.2. The maximum absolute atomic E-state index is 12.6. The number of piperidine rings is 1. The second kappa shape index (κ2) is 6.68. The highest BCUT2D eigenvalue weighted by atomic mass is 32.1. The summed E-state index contributed by atoms with van der Waals surface area (Å²) in [6, 6.07) is 0. The Balaban J connectivity index is 1.41. The van der Waals surface area contributed by atoms with Crippen molar-refractivity contribution in [3.8, 4) is 0 Å². The highest BCUT2D eigenvalue weighted by Gasteiger charge is 2.41. The normalized spacial score (nSPS) is 20.0. The van der Waals surface area contributed by atoms with Crippen LogP contribution in [0.25, 0.3) is 0 Å². The van der Waals surface area contributed by atoms with Gasteiger partial charge in [0.1, 0.15) is 5.69 Å². The number of carbonyl (C=O) groups is 1. The second-order valence-corrected chi connectivity index (χ2v) is 7.40. The number of carbonyl (C=O) groups excluding carboxylic acids is 1. The number of nitrogens with zero attached hydrogens (tertiary/aromatic N) is 5. The molecule has 2 fully saturated rings. The number of amides is 1. The third kappa shape index (κ3) is 3.36. The van der Waals surface area contributed by atoms with Gasteiger partial charge in [0.25, 0.3) is 5.91 Å². The fraction of sp³-hybridized carbons (Fsp3) is 0.529. The molecule has 0 radical (unpaired) electrons. The Bertz CT molecular complexity index is 726. The van der Waals surface area contributed by atoms with Gasteiger partial charge < -0.3 is 14.5 Å². The lowest BCUT2D eigenvalue weighted by Crippen LogP contribution is -2.58. The topological polar surface area (TPSA) is 71.5 Å². The van der Waals surface area contributed by atoms with Gasteiger partial charge in [-0.05, 0) is 25.3 Å². The average Bonchev–Trinajstić information content (AvgIpc) is 3.17. The SMILES string of the molecule is Cc1cnc(N2CCC3(CC2)CN(C(=O)c2cscn2)CCO3)nc1. The molecule has 0 aliphatic carbocycles. The number of ether oxygens (including phenoxy) is 1. The van der Waals surface area contributed by atoms with Gasteiger partial charge in [0, 0.05) is 37.4 Å². The van der Waals surface area contributed by atoms with E-state index in [-0.39, 0.29) is 11.5 Å². The lowest BCUT2D eigenvalue weighted by Gasteiger charge is -2.47. The van der Waals surface area contributed by atoms with Crippen molar-refractivity contribution in [2.45, 2.75) is 25.4 Å². The highest BCUT2D eigenvalue weighted by molar-refractivity contribution is 7.07. The minimum Gasteiger partial charge on any atom is -0.371 e. The molecule has 0 bridgehead atoms. The van der Waals surface area contributed by atoms with Crippen molar-refractivity contribution in [2.75, 3.05) is 37.7 Å². The van der Waals surface area contributed by atoms with Gasteiger partial charge in [-0.15, -0.1) is 11.3 Å². The van der Waals surface area contributed by atoms with Crippen molar-refractivity contribution in [2.24, 2.45) is 0 Å². The van der Waals surface area contributed by atoms with Gasteiger partial charge in [0.15, 0.2) is 0 Å². The van der Waals surface area contributed by atoms with Gasteiger partial charge in [-0.25, -0.2) is 15.0 Å². The molecular formula is C17H21N5O2S. The molecule has 2 aromatic rings. The van der Waals surface area contributed by atoms with Crippen LogP contribution in [0.1, 0.15) is 28.9 Å². The van der Waals surface area contributed by atoms with Crippen molar-refractivity contribution in [3.05, 3.63) is 34.5 Å². The first-order valence-corrected chi connectivity index (χ1v) is 9.45. The zero-order valence-corrected chi connectivity index (χ0v) is 15.0. The zero-order valence-electron chi connectivity index (χ0n) is 14.2. The summed E-state index contributed by atoms with van der Waals surface area (Å²) in [6.07, 6.45) is 5.42. The highest BCUT2D eigenvalue weighted by Crippen LogP contribution is 2.31. The summed E-state index contributed by atoms with van der Waals surface area (Å²) in [5.41, 5.74) is 3.03. The molecule has 2 saturated heterocycles. The summed E-state index contributed by atoms with van der Waals surface area (Å²) in [5, 5.41) is 1.81. The van der Waals surface area contributed by atoms with E-state index in [0.29, 0.717) is 25.4 Å². The molecule has 132 valence electrons. The molecule has 25 heavy (non-hydrogen) atoms. The van der Waals surface area contributed by atoms with E-state index in [1.54, 1.807) is 5.51 Å². The van der Waals surface area contributed by atoms with Gasteiger partial charge in [-0.3, -0.25) is 4.79 Å². The minimum atomic E-state index is -0.259. The van der Waals surface area contributed by atoms with Crippen molar-refractivity contribution in [1.82, 2.24) is 19.9 Å². The standard InChI is InChI=1S/C17H21N5O2S/c1-13-8-18-16(19-9-13)21-4-2-17(3-5-21)11-22(6-7-24-17)15(23)14-10-25-12-20-14/h8-10,12H,2-7,11H2,1H3. The van der Waals surface area contributed by atoms with Gasteiger partial charge in [-0.1, -0.05) is 0 Å². The molecule has 4 rings (SSSR count). The van der Waals surface area contributed by atoms with Gasteiger partial charge in [0.2, 0.25) is 5.95 Å². The molecule has 0 aromatic carbocycles. The van der Waals surface area contributed by atoms with Gasteiger partial charge in [0.05, 0.1) is 24.3 Å². The number of anilines is 1. The summed E-state index contributed by atoms with van der Waals surface area (Å²) in [5.74, 6) is 0.778. The van der Waals surface area contributed by atoms with E-state index in [1.165, 1.54) is 11.3 Å². The molecule has 0 saturated carbocycles. The van der Waals surface area contributed by atoms with Crippen LogP contribution in [0.5, 0.6) is 0 Å². The van der Waals surface area contributed by atoms with Crippen molar-refractivity contribution in [3.63, 3.8) is 0 Å². The molecule has 2 aromatic heterocycles. The predicted molar refractivity (Wildman–Crippen MR) is 94.9 cm³/mol. The van der Waals surface area contributed by atoms with Crippen LogP contribution in [-0.4, -0.2) is 64.1 Å². The third-order valence-electron chi connectivity index (χ3n) is 4.91. The number of morpholine rings is 1. The van der Waals surface area contributed by atoms with Crippen LogP contribution < -0.4 is 4.90 Å². The first-order valence-electron chi connectivity index (χ1n) is 8.50. The molecule has 2 aliphatic heterocycles. The fourth-order valence-corrected chi connectivity index (χ4v) is 3.99. The molecule has 0 unspecified atom stereocenters. The Morgan fingerprint density at radius 1 is 1.20 bits per heavy atom. The summed E-state index contributed by atoms with van der Waals surface area (Å²) in [7, 11) is 0. The summed E-state index contributed by atoms with van der Waals surface area (Å²) in [4.78, 5) is 29.6. The number of thiazole rings is 1. The van der Waals surface area contributed by atoms with Gasteiger partial charge in [-0.2, -0.15) is 0 Å². The van der Waals surface area contributed by atoms with Crippen LogP contribution in [0.4, 0.5) is 5.95 Å². The number of aryl methyl sites for hydroxylation is 1. The Labute approximate surface area is 150 Å². The molecule has 1 amide bonds. The van der Waals surface area contributed by atoms with Crippen molar-refractivity contribution < 1.29 is 9.53 Å². The predicted octanol–water partition coefficient (Wildman–Crippen LogP) is 1.75. The Morgan fingerprint density at radius 2 is 1.96 bits per heavy atom. The average molecular weight is 359 g/mol. The minimum absolute atomic E-state index is 0.00761. The summed E-state index contributed by atoms with van der Waals surface area (Å²) in [6.45, 7) is 5.49. The number of hydrogen-bond donors (Lipinski definition) is 0. The van der Waals surface area contributed by atoms with Crippen LogP contribution in [0.15, 0.2) is 23.3 Å². The number of aromatic nitrogens is 3. The molecule has 1 spiro atoms. The van der Waals surface area contributed by atoms with Crippen LogP contribution in [0.3, 0.4) is 0 Å². The Kier molecular flexibility index (Phi) is 4.39. The van der Waals surface area contributed by atoms with E-state index in [9.17, 15) is 4.79 Å². The molecule has 0 atom stereocenters. The van der Waals surface area contributed by atoms with E-state index < -0.39 is 0 Å². The van der Waals surface area contributed by atoms with Gasteiger partial charge >= 0.3 is 0 Å². The van der Waals surface area contributed by atoms with Crippen LogP contribution in [-0.2, 0) is 4.74 Å². The molecule has 8 heteroatoms. The number of hydrogen-bond acceptors (Lipinski definition) is 7. The van der Waals surface area contributed by atoms with E-state index in [4.69, 9.17) is 4.74 Å². The third-order valence-corrected chi connectivity index (χ3v) is 5.50. The Hall–Kier alpha value is -2.06. The number of rotatable bonds is 2. The molecular weight excluding hydrogens is 338 g/mol. The van der Waals surface area contributed by atoms with Crippen LogP contribution >= 0.6 is 11.3 Å². The van der Waals surface area contributed by atoms with Crippen LogP contribution in [0.2, 0.25) is 0 Å². The maximum Gasteiger partial charge on any atom is 0.273 e. The molecule has 4 heterocycles. The molecule has 7 nitrogen and oxygen atoms in total.